The van der Waals surface area contributed by atoms with E-state index in [0.29, 0.717) is 40.3 Å². The van der Waals surface area contributed by atoms with Crippen LogP contribution in [-0.2, 0) is 16.4 Å². The first-order chi connectivity index (χ1) is 17.2. The van der Waals surface area contributed by atoms with Crippen LogP contribution in [0.2, 0.25) is 0 Å². The Bertz CT molecular complexity index is 1410. The third kappa shape index (κ3) is 5.47. The number of thiazole rings is 1. The zero-order valence-electron chi connectivity index (χ0n) is 20.3. The van der Waals surface area contributed by atoms with Crippen molar-refractivity contribution in [2.45, 2.75) is 46.1 Å². The second kappa shape index (κ2) is 10.6. The van der Waals surface area contributed by atoms with Crippen LogP contribution in [0.15, 0.2) is 30.5 Å². The van der Waals surface area contributed by atoms with E-state index in [2.05, 4.69) is 50.3 Å². The Morgan fingerprint density at radius 1 is 1.25 bits per heavy atom. The van der Waals surface area contributed by atoms with Crippen molar-refractivity contribution >= 4 is 44.2 Å². The molecule has 10 nitrogen and oxygen atoms in total. The Labute approximate surface area is 214 Å². The molecule has 1 atom stereocenters. The number of rotatable bonds is 8. The smallest absolute Gasteiger partial charge is 0.283 e. The summed E-state index contributed by atoms with van der Waals surface area (Å²) < 4.78 is 26.4. The first-order valence-corrected chi connectivity index (χ1v) is 14.1. The van der Waals surface area contributed by atoms with Crippen LogP contribution in [0.25, 0.3) is 0 Å². The molecular weight excluding hydrogens is 498 g/mol. The van der Waals surface area contributed by atoms with Crippen LogP contribution in [0.3, 0.4) is 0 Å². The summed E-state index contributed by atoms with van der Waals surface area (Å²) in [6.45, 7) is 6.02. The summed E-state index contributed by atoms with van der Waals surface area (Å²) in [5.74, 6) is -0.354. The normalized spacial score (nSPS) is 15.5. The Kier molecular flexibility index (Phi) is 7.51. The van der Waals surface area contributed by atoms with Crippen molar-refractivity contribution in [3.8, 4) is 6.07 Å². The third-order valence-electron chi connectivity index (χ3n) is 6.01. The summed E-state index contributed by atoms with van der Waals surface area (Å²) in [5.41, 5.74) is 2.74. The summed E-state index contributed by atoms with van der Waals surface area (Å²) in [6.07, 6.45) is 3.64. The van der Waals surface area contributed by atoms with Gasteiger partial charge >= 0.3 is 0 Å². The van der Waals surface area contributed by atoms with E-state index in [9.17, 15) is 13.2 Å². The maximum Gasteiger partial charge on any atom is 0.283 e. The van der Waals surface area contributed by atoms with Crippen molar-refractivity contribution < 1.29 is 13.2 Å². The Morgan fingerprint density at radius 3 is 2.64 bits per heavy atom. The number of hydrogen-bond donors (Lipinski definition) is 2. The topological polar surface area (TPSA) is 141 Å². The zero-order chi connectivity index (χ0) is 25.9. The van der Waals surface area contributed by atoms with E-state index >= 15 is 0 Å². The molecule has 1 amide bonds. The number of benzene rings is 1. The summed E-state index contributed by atoms with van der Waals surface area (Å²) in [7, 11) is -3.79. The Morgan fingerprint density at radius 2 is 2.00 bits per heavy atom. The zero-order valence-corrected chi connectivity index (χ0v) is 21.9. The summed E-state index contributed by atoms with van der Waals surface area (Å²) in [5, 5.41) is 12.7. The number of amides is 1. The van der Waals surface area contributed by atoms with E-state index in [4.69, 9.17) is 10.2 Å². The number of anilines is 3. The van der Waals surface area contributed by atoms with Gasteiger partial charge in [-0.05, 0) is 38.7 Å². The van der Waals surface area contributed by atoms with Crippen LogP contribution in [0.5, 0.6) is 0 Å². The lowest BCUT2D eigenvalue weighted by Crippen LogP contribution is -2.34. The lowest BCUT2D eigenvalue weighted by molar-refractivity contribution is 0.0975. The highest BCUT2D eigenvalue weighted by Crippen LogP contribution is 2.36. The van der Waals surface area contributed by atoms with E-state index in [1.807, 2.05) is 18.7 Å². The van der Waals surface area contributed by atoms with Crippen LogP contribution in [-0.4, -0.2) is 41.6 Å². The summed E-state index contributed by atoms with van der Waals surface area (Å²) in [6, 6.07) is 10.4. The van der Waals surface area contributed by atoms with Gasteiger partial charge in [-0.1, -0.05) is 48.1 Å². The molecule has 1 aliphatic rings. The molecule has 188 valence electrons. The molecule has 0 saturated carbocycles. The maximum atomic E-state index is 13.1. The number of carbonyl (C=O) groups excluding carboxylic acids is 1. The van der Waals surface area contributed by atoms with E-state index in [1.165, 1.54) is 13.1 Å². The van der Waals surface area contributed by atoms with Gasteiger partial charge in [0.1, 0.15) is 22.5 Å². The molecule has 4 rings (SSSR count). The molecule has 1 aromatic carbocycles. The Hall–Kier alpha value is -3.56. The van der Waals surface area contributed by atoms with Crippen molar-refractivity contribution in [3.63, 3.8) is 0 Å². The monoisotopic (exact) mass is 525 g/mol. The van der Waals surface area contributed by atoms with E-state index < -0.39 is 15.9 Å². The van der Waals surface area contributed by atoms with Gasteiger partial charge in [-0.2, -0.15) is 10.2 Å². The average molecular weight is 526 g/mol. The first kappa shape index (κ1) is 25.5. The van der Waals surface area contributed by atoms with Crippen molar-refractivity contribution in [1.82, 2.24) is 19.7 Å². The number of nitrogens with zero attached hydrogens (tertiary/aromatic N) is 5. The molecule has 36 heavy (non-hydrogen) atoms. The molecule has 1 fully saturated rings. The minimum atomic E-state index is -3.79. The van der Waals surface area contributed by atoms with Gasteiger partial charge in [0.05, 0.1) is 18.0 Å². The minimum Gasteiger partial charge on any atom is -0.334 e. The quantitative estimate of drug-likeness (QED) is 0.449. The van der Waals surface area contributed by atoms with Crippen LogP contribution in [0.4, 0.5) is 16.9 Å². The average Bonchev–Trinajstić information content (AvgIpc) is 3.53. The molecule has 1 aliphatic heterocycles. The third-order valence-corrected chi connectivity index (χ3v) is 8.08. The lowest BCUT2D eigenvalue weighted by atomic mass is 10.0. The van der Waals surface area contributed by atoms with Gasteiger partial charge in [0.15, 0.2) is 5.13 Å². The fourth-order valence-electron chi connectivity index (χ4n) is 4.11. The van der Waals surface area contributed by atoms with Gasteiger partial charge in [0.2, 0.25) is 16.0 Å². The molecule has 1 saturated heterocycles. The van der Waals surface area contributed by atoms with Crippen molar-refractivity contribution in [3.05, 3.63) is 57.7 Å². The number of nitriles is 1. The molecule has 0 aliphatic carbocycles. The van der Waals surface area contributed by atoms with Crippen molar-refractivity contribution in [1.29, 1.82) is 5.26 Å². The predicted molar refractivity (Wildman–Crippen MR) is 139 cm³/mol. The van der Waals surface area contributed by atoms with Crippen LogP contribution >= 0.6 is 11.3 Å². The second-order valence-electron chi connectivity index (χ2n) is 8.42. The second-order valence-corrected chi connectivity index (χ2v) is 11.5. The number of aromatic nitrogens is 3. The van der Waals surface area contributed by atoms with Crippen molar-refractivity contribution in [2.24, 2.45) is 0 Å². The van der Waals surface area contributed by atoms with Gasteiger partial charge in [-0.25, -0.2) is 23.1 Å². The molecule has 12 heteroatoms. The largest absolute Gasteiger partial charge is 0.334 e. The van der Waals surface area contributed by atoms with Gasteiger partial charge in [0, 0.05) is 12.1 Å². The highest BCUT2D eigenvalue weighted by molar-refractivity contribution is 7.90. The molecule has 2 aromatic heterocycles. The van der Waals surface area contributed by atoms with E-state index in [1.54, 1.807) is 0 Å². The summed E-state index contributed by atoms with van der Waals surface area (Å²) >= 11 is 1.16. The molecule has 3 heterocycles. The van der Waals surface area contributed by atoms with Gasteiger partial charge < -0.3 is 10.2 Å². The highest BCUT2D eigenvalue weighted by Gasteiger charge is 2.31. The highest BCUT2D eigenvalue weighted by atomic mass is 32.2. The molecule has 2 N–H and O–H groups in total. The maximum absolute atomic E-state index is 13.1. The van der Waals surface area contributed by atoms with E-state index in [0.717, 1.165) is 35.3 Å². The van der Waals surface area contributed by atoms with Crippen LogP contribution in [0.1, 0.15) is 64.8 Å². The number of nitrogens with one attached hydrogen (secondary N) is 2. The minimum absolute atomic E-state index is 0.00589. The molecule has 1 unspecified atom stereocenters. The fourth-order valence-corrected chi connectivity index (χ4v) is 5.25. The predicted octanol–water partition coefficient (Wildman–Crippen LogP) is 3.84. The number of sulfonamides is 1. The molecule has 0 bridgehead atoms. The standard InChI is InChI=1S/C24H27N7O3S2/c1-4-18-20(22(32)30-36(33,34)5-2)27-23(28-21(18)29-24-26-14-17(13-25)35-24)31-12-6-7-19(31)16-10-8-15(3)9-11-16/h8-11,14,19H,4-7,12H2,1-3H3,(H,30,32)(H,26,27,28,29). The van der Waals surface area contributed by atoms with E-state index in [-0.39, 0.29) is 17.5 Å². The number of hydrogen-bond acceptors (Lipinski definition) is 10. The number of aryl methyl sites for hydroxylation is 1. The van der Waals surface area contributed by atoms with Gasteiger partial charge in [-0.15, -0.1) is 0 Å². The molecule has 3 aromatic rings. The lowest BCUT2D eigenvalue weighted by Gasteiger charge is -2.26. The fraction of sp³-hybridized carbons (Fsp3) is 0.375. The molecule has 0 radical (unpaired) electrons. The summed E-state index contributed by atoms with van der Waals surface area (Å²) in [4.78, 5) is 29.2. The number of carbonyl (C=O) groups is 1. The van der Waals surface area contributed by atoms with Crippen LogP contribution < -0.4 is 14.9 Å². The Balaban J connectivity index is 1.81. The van der Waals surface area contributed by atoms with Crippen molar-refractivity contribution in [2.75, 3.05) is 22.5 Å². The molecular formula is C24H27N7O3S2. The molecule has 0 spiro atoms. The van der Waals surface area contributed by atoms with Gasteiger partial charge in [0.25, 0.3) is 5.91 Å². The first-order valence-electron chi connectivity index (χ1n) is 11.7. The van der Waals surface area contributed by atoms with Gasteiger partial charge in [-0.3, -0.25) is 4.79 Å². The van der Waals surface area contributed by atoms with Crippen LogP contribution in [0, 0.1) is 18.3 Å². The SMILES string of the molecule is CCc1c(Nc2ncc(C#N)s2)nc(N2CCCC2c2ccc(C)cc2)nc1C(=O)NS(=O)(=O)CC.